The molecule has 1 amide bonds. The first-order valence-corrected chi connectivity index (χ1v) is 46.7. The van der Waals surface area contributed by atoms with E-state index in [1.165, 1.54) is 77.9 Å². The molecular weight excluding hydrogens is 1970 g/mol. The first-order valence-electron chi connectivity index (χ1n) is 43.7. The minimum atomic E-state index is -3.61. The number of alkyl halides is 2. The van der Waals surface area contributed by atoms with E-state index in [1.54, 1.807) is 91.9 Å². The molecule has 1 unspecified atom stereocenters. The van der Waals surface area contributed by atoms with Crippen molar-refractivity contribution in [3.63, 3.8) is 0 Å². The maximum absolute atomic E-state index is 13.3. The van der Waals surface area contributed by atoms with Crippen molar-refractivity contribution in [2.75, 3.05) is 28.7 Å². The van der Waals surface area contributed by atoms with Gasteiger partial charge >= 0.3 is 5.92 Å². The van der Waals surface area contributed by atoms with Gasteiger partial charge in [0.05, 0.1) is 75.7 Å². The van der Waals surface area contributed by atoms with Gasteiger partial charge in [-0.2, -0.15) is 8.78 Å². The summed E-state index contributed by atoms with van der Waals surface area (Å²) in [6.45, 7) is 10.9. The Hall–Kier alpha value is -14.5. The number of carboxylic acids is 8. The molecule has 816 valence electrons. The van der Waals surface area contributed by atoms with Crippen LogP contribution in [0.1, 0.15) is 191 Å². The summed E-state index contributed by atoms with van der Waals surface area (Å²) in [6, 6.07) is 46.1. The predicted molar refractivity (Wildman–Crippen MR) is 530 cm³/mol. The molecule has 9 atom stereocenters. The summed E-state index contributed by atoms with van der Waals surface area (Å²) in [5.74, 6) is -16.5. The molecule has 8 aromatic carbocycles. The Morgan fingerprint density at radius 1 is 0.324 bits per heavy atom. The van der Waals surface area contributed by atoms with Gasteiger partial charge in [-0.05, 0) is 152 Å². The molecule has 0 aliphatic carbocycles. The molecule has 0 saturated carbocycles. The number of anilines is 2. The van der Waals surface area contributed by atoms with Crippen LogP contribution in [0.3, 0.4) is 0 Å². The second kappa shape index (κ2) is 73.5. The SMILES string of the molecule is C.C.C.C.C.C.CC(=O)C(=O)Nc1ccc(C[C@H]([NH3+])C(=O)[O-])cc1.CC(=O)C(F)(F)c1ccc(C[C@H]([NH3+])C(=O)[O-])cc1.CC(=O)CCC(=O)c1ccc(C[C@H]([NH3+])C(=O)[O-])cc1.CC(=O)CCc1ccc(C[C@H]([NH3+])C(=O)[O-])cc1.CC(=O)CNc1ccc(C[C@H]([NH3+])C(=O)[O-])cc1.CC(=O)CS(=O)(=O)c1ccc(C[C@H]([NH3+])C(=O)[O-])cc1.CC(=O)CS(=O)c1ccc(C[C@H]([NH3+])C(=O)[O-])cc1.CC(=O)Cc1ccc(C[C@H]([NH3+])C(=O)[O-])cc1. The zero-order valence-electron chi connectivity index (χ0n) is 80.0. The summed E-state index contributed by atoms with van der Waals surface area (Å²) in [5.41, 5.74) is 37.3. The summed E-state index contributed by atoms with van der Waals surface area (Å²) >= 11 is 0. The minimum absolute atomic E-state index is 0. The van der Waals surface area contributed by atoms with E-state index in [1.807, 2.05) is 60.7 Å². The number of benzene rings is 8. The van der Waals surface area contributed by atoms with Crippen LogP contribution < -0.4 is 97.4 Å². The van der Waals surface area contributed by atoms with Gasteiger partial charge in [0.1, 0.15) is 88.8 Å². The third kappa shape index (κ3) is 61.0. The van der Waals surface area contributed by atoms with Gasteiger partial charge in [-0.25, -0.2) is 8.42 Å². The van der Waals surface area contributed by atoms with E-state index in [4.69, 9.17) is 0 Å². The van der Waals surface area contributed by atoms with Gasteiger partial charge in [-0.1, -0.05) is 190 Å². The van der Waals surface area contributed by atoms with Crippen LogP contribution in [-0.4, -0.2) is 185 Å². The fourth-order valence-electron chi connectivity index (χ4n) is 11.7. The number of aryl methyl sites for hydroxylation is 1. The molecule has 8 aromatic rings. The maximum Gasteiger partial charge on any atom is 0.330 e. The third-order valence-electron chi connectivity index (χ3n) is 19.8. The van der Waals surface area contributed by atoms with Gasteiger partial charge in [0.15, 0.2) is 15.6 Å². The number of carbonyl (C=O) groups excluding carboxylic acids is 18. The van der Waals surface area contributed by atoms with Crippen LogP contribution in [0.15, 0.2) is 204 Å². The average molecular weight is 2110 g/mol. The molecule has 0 aliphatic rings. The number of nitrogens with one attached hydrogen (secondary N) is 2. The highest BCUT2D eigenvalue weighted by molar-refractivity contribution is 7.92. The molecule has 0 spiro atoms. The molecule has 0 aliphatic heterocycles. The fourth-order valence-corrected chi connectivity index (χ4v) is 13.9. The number of carbonyl (C=O) groups is 18. The van der Waals surface area contributed by atoms with E-state index < -0.39 is 157 Å². The lowest BCUT2D eigenvalue weighted by Crippen LogP contribution is -2.69. The van der Waals surface area contributed by atoms with Crippen LogP contribution in [0.4, 0.5) is 20.2 Å². The van der Waals surface area contributed by atoms with Gasteiger partial charge in [0, 0.05) is 118 Å². The summed E-state index contributed by atoms with van der Waals surface area (Å²) in [5, 5.41) is 89.6. The van der Waals surface area contributed by atoms with Crippen molar-refractivity contribution in [3.8, 4) is 0 Å². The van der Waals surface area contributed by atoms with Gasteiger partial charge < -0.3 is 145 Å². The Bertz CT molecular complexity index is 5670. The van der Waals surface area contributed by atoms with Crippen molar-refractivity contribution in [2.24, 2.45) is 0 Å². The number of halogens is 2. The number of hydrogen-bond donors (Lipinski definition) is 10. The summed E-state index contributed by atoms with van der Waals surface area (Å²) in [7, 11) is -4.95. The average Bonchev–Trinajstić information content (AvgIpc) is 0.822. The molecule has 0 radical (unpaired) electrons. The topological polar surface area (TPSA) is 788 Å². The molecule has 0 bridgehead atoms. The van der Waals surface area contributed by atoms with Gasteiger partial charge in [-0.15, -0.1) is 0 Å². The molecule has 43 heteroatoms. The molecule has 39 nitrogen and oxygen atoms in total. The number of carboxylic acid groups (broad SMARTS) is 8. The quantitative estimate of drug-likeness (QED) is 0.0125. The van der Waals surface area contributed by atoms with Crippen molar-refractivity contribution in [1.82, 2.24) is 0 Å². The Balaban J connectivity index is -0.000000387. The van der Waals surface area contributed by atoms with Crippen LogP contribution >= 0.6 is 0 Å². The number of sulfone groups is 1. The number of hydrogen-bond acceptors (Lipinski definition) is 30. The molecule has 148 heavy (non-hydrogen) atoms. The highest BCUT2D eigenvalue weighted by Gasteiger charge is 2.37. The number of amides is 1. The Morgan fingerprint density at radius 3 is 0.865 bits per heavy atom. The van der Waals surface area contributed by atoms with Crippen LogP contribution in [-0.2, 0) is 172 Å². The smallest absolute Gasteiger partial charge is 0.330 e. The zero-order chi connectivity index (χ0) is 108. The number of aliphatic carboxylic acids is 8. The van der Waals surface area contributed by atoms with Crippen LogP contribution in [0.5, 0.6) is 0 Å². The van der Waals surface area contributed by atoms with E-state index in [0.29, 0.717) is 59.4 Å². The summed E-state index contributed by atoms with van der Waals surface area (Å²) in [4.78, 5) is 194. The van der Waals surface area contributed by atoms with Crippen LogP contribution in [0, 0.1) is 0 Å². The first-order chi connectivity index (χ1) is 66.1. The molecule has 0 heterocycles. The number of quaternary nitrogens is 8. The number of Topliss-reactive ketones (excluding diaryl/α,β-unsaturated/α-hetero) is 9. The van der Waals surface area contributed by atoms with E-state index in [-0.39, 0.29) is 141 Å². The summed E-state index contributed by atoms with van der Waals surface area (Å²) < 4.78 is 61.8. The number of ketones is 9. The molecule has 8 rings (SSSR count). The van der Waals surface area contributed by atoms with Crippen molar-refractivity contribution >= 4 is 138 Å². The second-order valence-corrected chi connectivity index (χ2v) is 36.5. The lowest BCUT2D eigenvalue weighted by atomic mass is 10.0. The second-order valence-electron chi connectivity index (χ2n) is 33.0. The van der Waals surface area contributed by atoms with Crippen molar-refractivity contribution in [2.45, 2.75) is 247 Å². The largest absolute Gasteiger partial charge is 0.544 e. The molecule has 26 N–H and O–H groups in total. The monoisotopic (exact) mass is 2110 g/mol. The van der Waals surface area contributed by atoms with E-state index in [0.717, 1.165) is 75.7 Å². The Kier molecular flexibility index (Phi) is 71.6. The highest BCUT2D eigenvalue weighted by atomic mass is 32.2. The molecule has 0 aromatic heterocycles. The lowest BCUT2D eigenvalue weighted by molar-refractivity contribution is -0.437. The summed E-state index contributed by atoms with van der Waals surface area (Å²) in [6.07, 6.45) is 4.22. The van der Waals surface area contributed by atoms with Crippen molar-refractivity contribution < 1.29 is 194 Å². The maximum atomic E-state index is 13.3. The third-order valence-corrected chi connectivity index (χ3v) is 23.0. The molecule has 0 saturated heterocycles. The standard InChI is InChI=1S/C14H17NO4.C13H17NO3.C12H13F2NO3.C12H14N2O4.C12H16N2O3.C12H15NO5S.C12H15NO4S.C12H15NO3.6CH4/c1-9(16)2-7-13(17)11-5-3-10(4-6-11)8-12(15)14(18)19;1-9(15)2-3-10-4-6-11(7-5-10)8-12(14)13(16)17;1-7(16)12(13,14)9-4-2-8(3-5-9)6-10(15)11(17)18;1-7(15)11(16)14-9-4-2-8(3-5-9)6-10(13)12(17)18;1-8(15)7-14-10-4-2-9(3-5-10)6-11(13)12(16)17;1-8(14)7-19(17,18)10-4-2-9(3-5-10)6-11(13)12(15)16;1-8(14)7-18(17)10-4-2-9(3-5-10)6-11(13)12(15)16;1-8(14)6-9-2-4-10(5-3-9)7-11(13)12(15)16;;;;;;/h3-6,12H,2,7-8,15H2,1H3,(H,18,19);4-7,12H,2-3,8,14H2,1H3,(H,16,17);2-5,10H,6,15H2,1H3,(H,17,18);2-5,10H,6,13H2,1H3,(H,14,16)(H,17,18);2-5,11,14H,6-7,13H2,1H3,(H,16,17);2-5,11H,6-7,13H2,1H3,(H,15,16);2-5,11H,6-7,13H2,1H3,(H,15,16);2-5,11H,6-7,13H2,1H3,(H,15,16);6*1H4/t2*12-;2*10-;2*11-;11-,18?;11-;;;;;;/m00000000....../s1. The Morgan fingerprint density at radius 2 is 0.595 bits per heavy atom. The van der Waals surface area contributed by atoms with E-state index >= 15 is 0 Å². The Labute approximate surface area is 864 Å². The van der Waals surface area contributed by atoms with Gasteiger partial charge in [0.2, 0.25) is 11.6 Å². The number of rotatable bonds is 46. The first kappa shape index (κ1) is 144. The molecule has 0 fully saturated rings. The van der Waals surface area contributed by atoms with Crippen molar-refractivity contribution in [3.05, 3.63) is 261 Å². The normalized spacial score (nSPS) is 12.0. The zero-order valence-corrected chi connectivity index (χ0v) is 81.6. The van der Waals surface area contributed by atoms with Crippen molar-refractivity contribution in [1.29, 1.82) is 0 Å². The van der Waals surface area contributed by atoms with E-state index in [2.05, 4.69) is 56.5 Å². The lowest BCUT2D eigenvalue weighted by Gasteiger charge is -2.14. The van der Waals surface area contributed by atoms with Gasteiger partial charge in [0.25, 0.3) is 5.91 Å². The van der Waals surface area contributed by atoms with Gasteiger partial charge in [-0.3, -0.25) is 42.6 Å². The van der Waals surface area contributed by atoms with Crippen LogP contribution in [0.25, 0.3) is 0 Å². The predicted octanol–water partition coefficient (Wildman–Crippen LogP) is -6.99. The fraction of sp³-hybridized carbons (Fsp3) is 0.371. The van der Waals surface area contributed by atoms with E-state index in [9.17, 15) is 149 Å². The highest BCUT2D eigenvalue weighted by Crippen LogP contribution is 2.29. The molecular formula is C105H146F2N10O29S2. The minimum Gasteiger partial charge on any atom is -0.544 e. The van der Waals surface area contributed by atoms with Crippen LogP contribution in [0.2, 0.25) is 0 Å².